The first-order valence-corrected chi connectivity index (χ1v) is 9.35. The highest BCUT2D eigenvalue weighted by Crippen LogP contribution is 2.49. The molecule has 0 bridgehead atoms. The summed E-state index contributed by atoms with van der Waals surface area (Å²) in [6.07, 6.45) is 0. The first kappa shape index (κ1) is 18.5. The number of thioether (sulfide) groups is 1. The molecular weight excluding hydrogens is 388 g/mol. The number of benzene rings is 2. The minimum Gasteiger partial charge on any atom is -0.504 e. The summed E-state index contributed by atoms with van der Waals surface area (Å²) in [4.78, 5) is 15.0. The Hall–Kier alpha value is -3.88. The summed E-state index contributed by atoms with van der Waals surface area (Å²) in [5, 5.41) is 30.1. The second-order valence-corrected chi connectivity index (χ2v) is 7.38. The van der Waals surface area contributed by atoms with Crippen molar-refractivity contribution in [2.24, 2.45) is 5.73 Å². The van der Waals surface area contributed by atoms with Gasteiger partial charge >= 0.3 is 0 Å². The van der Waals surface area contributed by atoms with Gasteiger partial charge in [0.15, 0.2) is 11.5 Å². The van der Waals surface area contributed by atoms with Crippen LogP contribution in [0.5, 0.6) is 11.5 Å². The molecule has 0 aromatic heterocycles. The lowest BCUT2D eigenvalue weighted by Gasteiger charge is -2.37. The molecule has 1 amide bonds. The van der Waals surface area contributed by atoms with Crippen molar-refractivity contribution in [3.8, 4) is 23.6 Å². The molecule has 1 atom stereocenters. The molecule has 7 nitrogen and oxygen atoms in total. The monoisotopic (exact) mass is 402 g/mol. The number of carbonyl (C=O) groups excluding carboxylic acids is 1. The fourth-order valence-corrected chi connectivity index (χ4v) is 4.63. The maximum Gasteiger partial charge on any atom is 0.265 e. The van der Waals surface area contributed by atoms with Crippen LogP contribution in [-0.2, 0) is 0 Å². The molecule has 2 aromatic rings. The van der Waals surface area contributed by atoms with E-state index in [0.717, 1.165) is 0 Å². The number of amides is 1. The van der Waals surface area contributed by atoms with Crippen LogP contribution in [0.15, 0.2) is 69.4 Å². The molecule has 2 aliphatic rings. The van der Waals surface area contributed by atoms with Gasteiger partial charge in [-0.25, -0.2) is 0 Å². The lowest BCUT2D eigenvalue weighted by atomic mass is 9.83. The third kappa shape index (κ3) is 2.70. The van der Waals surface area contributed by atoms with Gasteiger partial charge in [0, 0.05) is 4.90 Å². The summed E-state index contributed by atoms with van der Waals surface area (Å²) in [5.41, 5.74) is 7.60. The fourth-order valence-electron chi connectivity index (χ4n) is 3.47. The van der Waals surface area contributed by atoms with Gasteiger partial charge < -0.3 is 15.6 Å². The van der Waals surface area contributed by atoms with E-state index in [1.165, 1.54) is 29.8 Å². The Balaban J connectivity index is 1.97. The third-order valence-electron chi connectivity index (χ3n) is 4.83. The van der Waals surface area contributed by atoms with E-state index in [1.807, 2.05) is 6.07 Å². The Kier molecular flexibility index (Phi) is 4.42. The number of methoxy groups -OCH3 is 1. The maximum absolute atomic E-state index is 13.1. The van der Waals surface area contributed by atoms with Crippen LogP contribution in [0.3, 0.4) is 0 Å². The number of ether oxygens (including phenoxy) is 1. The predicted molar refractivity (Wildman–Crippen MR) is 105 cm³/mol. The maximum atomic E-state index is 13.1. The zero-order chi connectivity index (χ0) is 20.7. The van der Waals surface area contributed by atoms with Crippen LogP contribution in [0, 0.1) is 22.7 Å². The van der Waals surface area contributed by atoms with Crippen LogP contribution in [0.2, 0.25) is 0 Å². The Bertz CT molecular complexity index is 1200. The van der Waals surface area contributed by atoms with Crippen molar-refractivity contribution in [3.05, 3.63) is 75.6 Å². The highest BCUT2D eigenvalue weighted by Gasteiger charge is 2.42. The van der Waals surface area contributed by atoms with Crippen molar-refractivity contribution in [2.45, 2.75) is 10.8 Å². The van der Waals surface area contributed by atoms with Crippen molar-refractivity contribution in [3.63, 3.8) is 0 Å². The topological polar surface area (TPSA) is 123 Å². The van der Waals surface area contributed by atoms with Crippen LogP contribution >= 0.6 is 11.8 Å². The van der Waals surface area contributed by atoms with E-state index >= 15 is 0 Å². The molecule has 142 valence electrons. The standard InChI is InChI=1S/C21H14N4O3S/c1-28-16-8-11(6-7-15(16)26)18-13(9-22)19(24)25-20(27)12-4-2-3-5-17(12)29-21(25)14(18)10-23/h2-8,18,26H,24H2,1H3. The van der Waals surface area contributed by atoms with Gasteiger partial charge in [-0.05, 0) is 29.8 Å². The van der Waals surface area contributed by atoms with Crippen molar-refractivity contribution in [1.82, 2.24) is 4.90 Å². The number of phenolic OH excluding ortho intramolecular Hbond substituents is 1. The van der Waals surface area contributed by atoms with E-state index in [1.54, 1.807) is 30.3 Å². The number of nitrogens with zero attached hydrogens (tertiary/aromatic N) is 3. The van der Waals surface area contributed by atoms with Gasteiger partial charge in [0.25, 0.3) is 5.91 Å². The number of nitriles is 2. The molecule has 0 aliphatic carbocycles. The second-order valence-electron chi connectivity index (χ2n) is 6.34. The summed E-state index contributed by atoms with van der Waals surface area (Å²) in [7, 11) is 1.41. The van der Waals surface area contributed by atoms with Gasteiger partial charge in [-0.3, -0.25) is 9.69 Å². The molecule has 1 unspecified atom stereocenters. The number of nitrogens with two attached hydrogens (primary N) is 1. The Morgan fingerprint density at radius 3 is 2.59 bits per heavy atom. The summed E-state index contributed by atoms with van der Waals surface area (Å²) in [6.45, 7) is 0. The lowest BCUT2D eigenvalue weighted by molar-refractivity contribution is 0.0841. The highest BCUT2D eigenvalue weighted by molar-refractivity contribution is 8.03. The largest absolute Gasteiger partial charge is 0.504 e. The van der Waals surface area contributed by atoms with E-state index in [-0.39, 0.29) is 34.4 Å². The van der Waals surface area contributed by atoms with Crippen LogP contribution in [0.1, 0.15) is 21.8 Å². The second kappa shape index (κ2) is 6.93. The Labute approximate surface area is 170 Å². The zero-order valence-corrected chi connectivity index (χ0v) is 16.0. The van der Waals surface area contributed by atoms with E-state index < -0.39 is 5.92 Å². The van der Waals surface area contributed by atoms with Crippen LogP contribution in [0.4, 0.5) is 0 Å². The first-order chi connectivity index (χ1) is 14.0. The van der Waals surface area contributed by atoms with Gasteiger partial charge in [-0.2, -0.15) is 10.5 Å². The molecule has 2 aliphatic heterocycles. The van der Waals surface area contributed by atoms with Crippen molar-refractivity contribution in [1.29, 1.82) is 10.5 Å². The number of phenols is 1. The summed E-state index contributed by atoms with van der Waals surface area (Å²) >= 11 is 1.26. The van der Waals surface area contributed by atoms with E-state index in [9.17, 15) is 20.4 Å². The molecular formula is C21H14N4O3S. The van der Waals surface area contributed by atoms with E-state index in [4.69, 9.17) is 10.5 Å². The molecule has 0 saturated heterocycles. The molecule has 0 saturated carbocycles. The van der Waals surface area contributed by atoms with E-state index in [2.05, 4.69) is 12.1 Å². The van der Waals surface area contributed by atoms with Gasteiger partial charge in [0.1, 0.15) is 10.9 Å². The first-order valence-electron chi connectivity index (χ1n) is 8.54. The molecule has 8 heteroatoms. The number of rotatable bonds is 2. The highest BCUT2D eigenvalue weighted by atomic mass is 32.2. The fraction of sp³-hybridized carbons (Fsp3) is 0.0952. The summed E-state index contributed by atoms with van der Waals surface area (Å²) < 4.78 is 5.16. The molecule has 2 heterocycles. The Morgan fingerprint density at radius 2 is 1.90 bits per heavy atom. The number of aromatic hydroxyl groups is 1. The van der Waals surface area contributed by atoms with E-state index in [0.29, 0.717) is 21.1 Å². The van der Waals surface area contributed by atoms with Gasteiger partial charge in [0.05, 0.1) is 41.9 Å². The van der Waals surface area contributed by atoms with Gasteiger partial charge in [0.2, 0.25) is 0 Å². The third-order valence-corrected chi connectivity index (χ3v) is 6.00. The minimum absolute atomic E-state index is 0.00875. The van der Waals surface area contributed by atoms with Crippen molar-refractivity contribution >= 4 is 17.7 Å². The lowest BCUT2D eigenvalue weighted by Crippen LogP contribution is -2.40. The average molecular weight is 402 g/mol. The summed E-state index contributed by atoms with van der Waals surface area (Å²) in [5.74, 6) is -1.02. The number of carbonyl (C=O) groups is 1. The van der Waals surface area contributed by atoms with Crippen LogP contribution in [0.25, 0.3) is 0 Å². The smallest absolute Gasteiger partial charge is 0.265 e. The predicted octanol–water partition coefficient (Wildman–Crippen LogP) is 3.18. The molecule has 4 rings (SSSR count). The van der Waals surface area contributed by atoms with Gasteiger partial charge in [-0.1, -0.05) is 30.0 Å². The average Bonchev–Trinajstić information content (AvgIpc) is 2.74. The van der Waals surface area contributed by atoms with Crippen LogP contribution < -0.4 is 10.5 Å². The molecule has 0 radical (unpaired) electrons. The van der Waals surface area contributed by atoms with Gasteiger partial charge in [-0.15, -0.1) is 0 Å². The minimum atomic E-state index is -0.781. The molecule has 3 N–H and O–H groups in total. The SMILES string of the molecule is COc1cc(C2C(C#N)=C(N)N3C(=O)c4ccccc4SC3=C2C#N)ccc1O. The van der Waals surface area contributed by atoms with Crippen LogP contribution in [-0.4, -0.2) is 23.0 Å². The van der Waals surface area contributed by atoms with Crippen molar-refractivity contribution < 1.29 is 14.6 Å². The molecule has 29 heavy (non-hydrogen) atoms. The van der Waals surface area contributed by atoms with Crippen molar-refractivity contribution in [2.75, 3.05) is 7.11 Å². The number of fused-ring (bicyclic) bond motifs is 2. The number of allylic oxidation sites excluding steroid dienone is 2. The number of hydrogen-bond acceptors (Lipinski definition) is 7. The quantitative estimate of drug-likeness (QED) is 0.791. The molecule has 0 spiro atoms. The number of hydrogen-bond donors (Lipinski definition) is 2. The normalized spacial score (nSPS) is 18.0. The molecule has 2 aromatic carbocycles. The summed E-state index contributed by atoms with van der Waals surface area (Å²) in [6, 6.07) is 15.9. The Morgan fingerprint density at radius 1 is 1.17 bits per heavy atom. The zero-order valence-electron chi connectivity index (χ0n) is 15.2. The molecule has 0 fully saturated rings.